The van der Waals surface area contributed by atoms with Gasteiger partial charge in [0.15, 0.2) is 17.3 Å². The molecule has 7 heteroatoms. The fraction of sp³-hybridized carbons (Fsp3) is 0.429. The highest BCUT2D eigenvalue weighted by atomic mass is 16.7. The van der Waals surface area contributed by atoms with E-state index in [1.807, 2.05) is 11.8 Å². The van der Waals surface area contributed by atoms with Gasteiger partial charge in [-0.05, 0) is 13.0 Å². The normalized spacial score (nSPS) is 25.4. The molecular weight excluding hydrogens is 278 g/mol. The summed E-state index contributed by atoms with van der Waals surface area (Å²) in [6, 6.07) is 1.55. The minimum Gasteiger partial charge on any atom is -0.485 e. The lowest BCUT2D eigenvalue weighted by Gasteiger charge is -2.42. The maximum Gasteiger partial charge on any atom is 0.316 e. The molecule has 0 saturated carbocycles. The number of anilines is 1. The van der Waals surface area contributed by atoms with E-state index in [2.05, 4.69) is 0 Å². The Balaban J connectivity index is 1.96. The molecule has 3 aliphatic heterocycles. The van der Waals surface area contributed by atoms with E-state index in [4.69, 9.17) is 14.2 Å². The maximum atomic E-state index is 12.4. The quantitative estimate of drug-likeness (QED) is 0.769. The number of aliphatic carboxylic acids is 1. The molecule has 110 valence electrons. The van der Waals surface area contributed by atoms with E-state index in [1.54, 1.807) is 6.07 Å². The number of carbonyl (C=O) groups excluding carboxylic acids is 1. The van der Waals surface area contributed by atoms with Crippen molar-refractivity contribution in [3.63, 3.8) is 0 Å². The molecule has 3 heterocycles. The number of carboxylic acid groups (broad SMARTS) is 1. The van der Waals surface area contributed by atoms with Crippen LogP contribution in [0.4, 0.5) is 5.69 Å². The first-order chi connectivity index (χ1) is 10.1. The molecule has 0 bridgehead atoms. The first-order valence-electron chi connectivity index (χ1n) is 6.71. The van der Waals surface area contributed by atoms with Gasteiger partial charge >= 0.3 is 5.97 Å². The van der Waals surface area contributed by atoms with Crippen LogP contribution in [0.5, 0.6) is 17.2 Å². The Bertz CT molecular complexity index is 670. The van der Waals surface area contributed by atoms with Crippen molar-refractivity contribution in [1.29, 1.82) is 0 Å². The number of hydrogen-bond acceptors (Lipinski definition) is 6. The van der Waals surface area contributed by atoms with E-state index in [0.717, 1.165) is 0 Å². The third-order valence-corrected chi connectivity index (χ3v) is 4.14. The molecule has 0 amide bonds. The second-order valence-electron chi connectivity index (χ2n) is 5.40. The molecule has 2 unspecified atom stereocenters. The van der Waals surface area contributed by atoms with E-state index < -0.39 is 17.7 Å². The summed E-state index contributed by atoms with van der Waals surface area (Å²) in [4.78, 5) is 25.7. The zero-order valence-electron chi connectivity index (χ0n) is 11.3. The van der Waals surface area contributed by atoms with Gasteiger partial charge in [-0.2, -0.15) is 0 Å². The molecule has 0 aliphatic carbocycles. The largest absolute Gasteiger partial charge is 0.485 e. The first-order valence-corrected chi connectivity index (χ1v) is 6.71. The van der Waals surface area contributed by atoms with Crippen molar-refractivity contribution in [3.05, 3.63) is 11.6 Å². The molecule has 0 radical (unpaired) electrons. The summed E-state index contributed by atoms with van der Waals surface area (Å²) in [6.07, 6.45) is 0. The molecule has 0 spiro atoms. The van der Waals surface area contributed by atoms with Crippen molar-refractivity contribution >= 4 is 17.4 Å². The van der Waals surface area contributed by atoms with Crippen molar-refractivity contribution in [2.75, 3.05) is 24.8 Å². The van der Waals surface area contributed by atoms with Crippen LogP contribution in [0.25, 0.3) is 0 Å². The zero-order chi connectivity index (χ0) is 14.7. The lowest BCUT2D eigenvalue weighted by atomic mass is 9.88. The molecule has 1 aromatic carbocycles. The van der Waals surface area contributed by atoms with Crippen LogP contribution in [0.2, 0.25) is 0 Å². The average molecular weight is 291 g/mol. The number of hydrogen-bond donors (Lipinski definition) is 1. The predicted octanol–water partition coefficient (Wildman–Crippen LogP) is 0.900. The van der Waals surface area contributed by atoms with Gasteiger partial charge in [0.25, 0.3) is 0 Å². The Morgan fingerprint density at radius 1 is 1.33 bits per heavy atom. The summed E-state index contributed by atoms with van der Waals surface area (Å²) in [6.45, 7) is 2.57. The molecule has 0 saturated heterocycles. The molecule has 21 heavy (non-hydrogen) atoms. The van der Waals surface area contributed by atoms with Gasteiger partial charge in [-0.15, -0.1) is 0 Å². The Hall–Kier alpha value is -2.44. The van der Waals surface area contributed by atoms with Gasteiger partial charge in [0.1, 0.15) is 12.5 Å². The van der Waals surface area contributed by atoms with E-state index in [1.165, 1.54) is 0 Å². The highest BCUT2D eigenvalue weighted by Crippen LogP contribution is 2.53. The lowest BCUT2D eigenvalue weighted by Crippen LogP contribution is -2.50. The third kappa shape index (κ3) is 1.54. The standard InChI is InChI=1S/C14H13NO6/c1-6-4-19-13-10-7(2-9-12(13)21-5-20-9)11(16)8(14(17)18)3-15(6)10/h2,6,8H,3-5H2,1H3,(H,17,18). The van der Waals surface area contributed by atoms with Gasteiger partial charge in [-0.3, -0.25) is 9.59 Å². The highest BCUT2D eigenvalue weighted by Gasteiger charge is 2.44. The fourth-order valence-corrected chi connectivity index (χ4v) is 3.05. The summed E-state index contributed by atoms with van der Waals surface area (Å²) < 4.78 is 16.5. The highest BCUT2D eigenvalue weighted by molar-refractivity contribution is 6.14. The van der Waals surface area contributed by atoms with Gasteiger partial charge in [0, 0.05) is 12.1 Å². The minimum absolute atomic E-state index is 0.00780. The summed E-state index contributed by atoms with van der Waals surface area (Å²) in [5.74, 6) is -1.18. The second kappa shape index (κ2) is 4.03. The van der Waals surface area contributed by atoms with E-state index in [0.29, 0.717) is 35.1 Å². The van der Waals surface area contributed by atoms with Crippen LogP contribution >= 0.6 is 0 Å². The third-order valence-electron chi connectivity index (χ3n) is 4.14. The molecule has 0 fully saturated rings. The molecule has 1 aromatic rings. The Kier molecular flexibility index (Phi) is 2.36. The Labute approximate surface area is 120 Å². The van der Waals surface area contributed by atoms with Crippen LogP contribution < -0.4 is 19.1 Å². The number of Topliss-reactive ketones (excluding diaryl/α,β-unsaturated/α-hetero) is 1. The molecule has 4 rings (SSSR count). The number of ketones is 1. The smallest absolute Gasteiger partial charge is 0.316 e. The number of benzene rings is 1. The first kappa shape index (κ1) is 12.3. The number of fused-ring (bicyclic) bond motifs is 2. The molecule has 7 nitrogen and oxygen atoms in total. The van der Waals surface area contributed by atoms with Crippen molar-refractivity contribution in [2.45, 2.75) is 13.0 Å². The van der Waals surface area contributed by atoms with Gasteiger partial charge < -0.3 is 24.2 Å². The van der Waals surface area contributed by atoms with E-state index in [9.17, 15) is 14.7 Å². The fourth-order valence-electron chi connectivity index (χ4n) is 3.05. The summed E-state index contributed by atoms with van der Waals surface area (Å²) in [7, 11) is 0. The molecule has 0 aromatic heterocycles. The monoisotopic (exact) mass is 291 g/mol. The van der Waals surface area contributed by atoms with Crippen LogP contribution in [0, 0.1) is 5.92 Å². The van der Waals surface area contributed by atoms with Gasteiger partial charge in [0.2, 0.25) is 12.5 Å². The van der Waals surface area contributed by atoms with Crippen molar-refractivity contribution in [1.82, 2.24) is 0 Å². The van der Waals surface area contributed by atoms with Crippen LogP contribution in [0.15, 0.2) is 6.07 Å². The summed E-state index contributed by atoms with van der Waals surface area (Å²) in [5.41, 5.74) is 0.958. The molecule has 3 aliphatic rings. The van der Waals surface area contributed by atoms with Crippen molar-refractivity contribution in [3.8, 4) is 17.2 Å². The Morgan fingerprint density at radius 3 is 2.90 bits per heavy atom. The topological polar surface area (TPSA) is 85.3 Å². The second-order valence-corrected chi connectivity index (χ2v) is 5.40. The zero-order valence-corrected chi connectivity index (χ0v) is 11.3. The van der Waals surface area contributed by atoms with Crippen molar-refractivity contribution in [2.24, 2.45) is 5.92 Å². The number of ether oxygens (including phenoxy) is 3. The Morgan fingerprint density at radius 2 is 2.14 bits per heavy atom. The predicted molar refractivity (Wildman–Crippen MR) is 70.3 cm³/mol. The lowest BCUT2D eigenvalue weighted by molar-refractivity contribution is -0.139. The van der Waals surface area contributed by atoms with Crippen LogP contribution in [0.1, 0.15) is 17.3 Å². The number of carbonyl (C=O) groups is 2. The van der Waals surface area contributed by atoms with Gasteiger partial charge in [0.05, 0.1) is 11.7 Å². The summed E-state index contributed by atoms with van der Waals surface area (Å²) in [5, 5.41) is 9.28. The average Bonchev–Trinajstić information content (AvgIpc) is 2.92. The number of carboxylic acids is 1. The maximum absolute atomic E-state index is 12.4. The van der Waals surface area contributed by atoms with E-state index in [-0.39, 0.29) is 19.4 Å². The SMILES string of the molecule is CC1COc2c3c(cc4c2N1CC(C(=O)O)C4=O)OCO3. The molecule has 1 N–H and O–H groups in total. The minimum atomic E-state index is -1.11. The summed E-state index contributed by atoms with van der Waals surface area (Å²) >= 11 is 0. The van der Waals surface area contributed by atoms with Crippen LogP contribution in [-0.4, -0.2) is 42.8 Å². The number of nitrogens with zero attached hydrogens (tertiary/aromatic N) is 1. The van der Waals surface area contributed by atoms with Crippen molar-refractivity contribution < 1.29 is 28.9 Å². The van der Waals surface area contributed by atoms with Gasteiger partial charge in [-0.1, -0.05) is 0 Å². The van der Waals surface area contributed by atoms with E-state index >= 15 is 0 Å². The molecular formula is C14H13NO6. The van der Waals surface area contributed by atoms with Gasteiger partial charge in [-0.25, -0.2) is 0 Å². The van der Waals surface area contributed by atoms with Crippen LogP contribution in [0.3, 0.4) is 0 Å². The molecule has 2 atom stereocenters. The van der Waals surface area contributed by atoms with Crippen LogP contribution in [-0.2, 0) is 4.79 Å². The number of rotatable bonds is 1.